The van der Waals surface area contributed by atoms with E-state index in [-0.39, 0.29) is 0 Å². The SMILES string of the molecule is Cc1ccc(N(c2ccc(C)cc2)c2ccc(C3(c4ccc(N(c5ccc(C)cc5)c5ccc(C)cc5)cc4)c4cc(-n5c6ccccc6c6ccccc65)ccc4-c4ccc(-n5c6ccccc6c6ccccc65)cc43)cc2)cc1. The van der Waals surface area contributed by atoms with Gasteiger partial charge >= 0.3 is 0 Å². The van der Waals surface area contributed by atoms with Crippen LogP contribution in [0.5, 0.6) is 0 Å². The lowest BCUT2D eigenvalue weighted by Crippen LogP contribution is -2.29. The third-order valence-corrected chi connectivity index (χ3v) is 17.1. The van der Waals surface area contributed by atoms with Gasteiger partial charge in [-0.1, -0.05) is 180 Å². The molecule has 15 rings (SSSR count). The lowest BCUT2D eigenvalue weighted by molar-refractivity contribution is 0.766. The Labute approximate surface area is 473 Å². The molecule has 0 saturated carbocycles. The lowest BCUT2D eigenvalue weighted by Gasteiger charge is -2.35. The number of anilines is 6. The highest BCUT2D eigenvalue weighted by Gasteiger charge is 2.47. The van der Waals surface area contributed by atoms with Crippen molar-refractivity contribution in [2.75, 3.05) is 9.80 Å². The van der Waals surface area contributed by atoms with Crippen molar-refractivity contribution in [1.82, 2.24) is 9.13 Å². The van der Waals surface area contributed by atoms with Gasteiger partial charge in [0.05, 0.1) is 27.5 Å². The van der Waals surface area contributed by atoms with Gasteiger partial charge in [-0.3, -0.25) is 0 Å². The first-order valence-corrected chi connectivity index (χ1v) is 28.1. The van der Waals surface area contributed by atoms with E-state index in [2.05, 4.69) is 326 Å². The van der Waals surface area contributed by atoms with Gasteiger partial charge in [0.25, 0.3) is 0 Å². The first kappa shape index (κ1) is 48.0. The summed E-state index contributed by atoms with van der Waals surface area (Å²) < 4.78 is 4.94. The Kier molecular flexibility index (Phi) is 11.3. The molecule has 2 aromatic heterocycles. The van der Waals surface area contributed by atoms with Crippen molar-refractivity contribution >= 4 is 77.7 Å². The summed E-state index contributed by atoms with van der Waals surface area (Å²) in [7, 11) is 0. The van der Waals surface area contributed by atoms with Crippen molar-refractivity contribution in [1.29, 1.82) is 0 Å². The number of rotatable bonds is 10. The maximum atomic E-state index is 2.51. The van der Waals surface area contributed by atoms with Gasteiger partial charge in [-0.2, -0.15) is 0 Å². The van der Waals surface area contributed by atoms with Gasteiger partial charge in [0.2, 0.25) is 0 Å². The normalized spacial score (nSPS) is 12.5. The van der Waals surface area contributed by atoms with Crippen LogP contribution in [0.15, 0.2) is 279 Å². The molecule has 1 aliphatic carbocycles. The van der Waals surface area contributed by atoms with E-state index < -0.39 is 5.41 Å². The summed E-state index contributed by atoms with van der Waals surface area (Å²) in [4.78, 5) is 4.76. The molecular formula is C77H58N4. The van der Waals surface area contributed by atoms with Crippen LogP contribution < -0.4 is 9.80 Å². The maximum Gasteiger partial charge on any atom is 0.0715 e. The molecule has 0 spiro atoms. The van der Waals surface area contributed by atoms with Gasteiger partial charge in [0, 0.05) is 67.0 Å². The summed E-state index contributed by atoms with van der Waals surface area (Å²) in [6.07, 6.45) is 0. The van der Waals surface area contributed by atoms with Crippen LogP contribution in [-0.2, 0) is 5.41 Å². The predicted molar refractivity (Wildman–Crippen MR) is 341 cm³/mol. The van der Waals surface area contributed by atoms with E-state index in [4.69, 9.17) is 0 Å². The van der Waals surface area contributed by atoms with Crippen molar-refractivity contribution in [3.05, 3.63) is 324 Å². The molecule has 12 aromatic carbocycles. The minimum atomic E-state index is -0.803. The quantitative estimate of drug-likeness (QED) is 0.136. The Morgan fingerprint density at radius 1 is 0.259 bits per heavy atom. The Hall–Kier alpha value is -10.2. The molecule has 14 aromatic rings. The molecule has 0 fully saturated rings. The zero-order valence-corrected chi connectivity index (χ0v) is 45.8. The second-order valence-corrected chi connectivity index (χ2v) is 22.1. The Morgan fingerprint density at radius 2 is 0.506 bits per heavy atom. The molecule has 0 bridgehead atoms. The average Bonchev–Trinajstić information content (AvgIpc) is 3.15. The minimum Gasteiger partial charge on any atom is -0.311 e. The summed E-state index contributed by atoms with van der Waals surface area (Å²) in [5, 5.41) is 4.96. The van der Waals surface area contributed by atoms with Gasteiger partial charge in [-0.25, -0.2) is 0 Å². The second-order valence-electron chi connectivity index (χ2n) is 22.1. The zero-order chi connectivity index (χ0) is 54.3. The van der Waals surface area contributed by atoms with E-state index in [1.54, 1.807) is 0 Å². The summed E-state index contributed by atoms with van der Waals surface area (Å²) in [5.74, 6) is 0. The van der Waals surface area contributed by atoms with Crippen LogP contribution in [-0.4, -0.2) is 9.13 Å². The summed E-state index contributed by atoms with van der Waals surface area (Å²) >= 11 is 0. The molecule has 0 amide bonds. The van der Waals surface area contributed by atoms with Crippen molar-refractivity contribution in [3.8, 4) is 22.5 Å². The maximum absolute atomic E-state index is 2.51. The molecule has 0 N–H and O–H groups in total. The number of para-hydroxylation sites is 4. The highest BCUT2D eigenvalue weighted by molar-refractivity contribution is 6.10. The Bertz CT molecular complexity index is 4200. The number of fused-ring (bicyclic) bond motifs is 9. The van der Waals surface area contributed by atoms with Crippen LogP contribution >= 0.6 is 0 Å². The third-order valence-electron chi connectivity index (χ3n) is 17.1. The number of hydrogen-bond donors (Lipinski definition) is 0. The van der Waals surface area contributed by atoms with Gasteiger partial charge in [-0.15, -0.1) is 0 Å². The van der Waals surface area contributed by atoms with Crippen LogP contribution in [0, 0.1) is 27.7 Å². The largest absolute Gasteiger partial charge is 0.311 e. The van der Waals surface area contributed by atoms with Crippen molar-refractivity contribution in [3.63, 3.8) is 0 Å². The van der Waals surface area contributed by atoms with Gasteiger partial charge < -0.3 is 18.9 Å². The smallest absolute Gasteiger partial charge is 0.0715 e. The van der Waals surface area contributed by atoms with Crippen LogP contribution in [0.4, 0.5) is 34.1 Å². The highest BCUT2D eigenvalue weighted by Crippen LogP contribution is 2.58. The third kappa shape index (κ3) is 7.74. The van der Waals surface area contributed by atoms with E-state index in [0.717, 1.165) is 45.5 Å². The highest BCUT2D eigenvalue weighted by atomic mass is 15.1. The Morgan fingerprint density at radius 3 is 0.778 bits per heavy atom. The molecule has 4 heteroatoms. The Balaban J connectivity index is 1.02. The van der Waals surface area contributed by atoms with Crippen molar-refractivity contribution in [2.24, 2.45) is 0 Å². The summed E-state index contributed by atoms with van der Waals surface area (Å²) in [6.45, 7) is 8.61. The first-order valence-electron chi connectivity index (χ1n) is 28.1. The van der Waals surface area contributed by atoms with Crippen LogP contribution in [0.3, 0.4) is 0 Å². The summed E-state index contributed by atoms with van der Waals surface area (Å²) in [5.41, 5.74) is 24.9. The van der Waals surface area contributed by atoms with E-state index in [0.29, 0.717) is 0 Å². The number of aryl methyl sites for hydroxylation is 4. The van der Waals surface area contributed by atoms with Gasteiger partial charge in [0.15, 0.2) is 0 Å². The van der Waals surface area contributed by atoms with E-state index in [9.17, 15) is 0 Å². The molecule has 2 heterocycles. The summed E-state index contributed by atoms with van der Waals surface area (Å²) in [6, 6.07) is 104. The lowest BCUT2D eigenvalue weighted by atomic mass is 9.67. The van der Waals surface area contributed by atoms with E-state index >= 15 is 0 Å². The predicted octanol–water partition coefficient (Wildman–Crippen LogP) is 20.4. The topological polar surface area (TPSA) is 16.3 Å². The van der Waals surface area contributed by atoms with Crippen LogP contribution in [0.2, 0.25) is 0 Å². The van der Waals surface area contributed by atoms with Gasteiger partial charge in [0.1, 0.15) is 0 Å². The molecule has 81 heavy (non-hydrogen) atoms. The number of aromatic nitrogens is 2. The minimum absolute atomic E-state index is 0.803. The monoisotopic (exact) mass is 1040 g/mol. The number of hydrogen-bond acceptors (Lipinski definition) is 2. The van der Waals surface area contributed by atoms with Gasteiger partial charge in [-0.05, 0) is 182 Å². The fourth-order valence-electron chi connectivity index (χ4n) is 13.2. The van der Waals surface area contributed by atoms with Crippen molar-refractivity contribution < 1.29 is 0 Å². The molecule has 1 aliphatic rings. The molecule has 0 atom stereocenters. The zero-order valence-electron chi connectivity index (χ0n) is 45.8. The average molecular weight is 1040 g/mol. The molecule has 386 valence electrons. The van der Waals surface area contributed by atoms with Crippen LogP contribution in [0.1, 0.15) is 44.5 Å². The number of benzene rings is 12. The fraction of sp³-hybridized carbons (Fsp3) is 0.0649. The van der Waals surface area contributed by atoms with E-state index in [1.165, 1.54) is 99.2 Å². The molecule has 4 nitrogen and oxygen atoms in total. The van der Waals surface area contributed by atoms with E-state index in [1.807, 2.05) is 0 Å². The molecule has 0 radical (unpaired) electrons. The van der Waals surface area contributed by atoms with Crippen LogP contribution in [0.25, 0.3) is 66.1 Å². The number of nitrogens with zero attached hydrogens (tertiary/aromatic N) is 4. The van der Waals surface area contributed by atoms with Crippen molar-refractivity contribution in [2.45, 2.75) is 33.1 Å². The molecule has 0 saturated heterocycles. The fourth-order valence-corrected chi connectivity index (χ4v) is 13.2. The molecule has 0 unspecified atom stereocenters. The molecule has 0 aliphatic heterocycles. The molecular weight excluding hydrogens is 981 g/mol. The first-order chi connectivity index (χ1) is 39.8. The second kappa shape index (κ2) is 19.0. The standard InChI is InChI=1S/C77H58N4/c1-51-21-33-57(34-22-51)78(58-35-23-52(2)24-36-58)61-41-29-55(30-42-61)77(56-31-43-62(44-32-56)79(59-37-25-53(3)26-38-59)60-39-27-54(4)28-40-60)71-49-63(80-73-17-9-5-13-67(73)68-14-6-10-18-74(68)80)45-47-65(71)66-48-46-64(50-72(66)77)81-75-19-11-7-15-69(75)70-16-8-12-20-76(70)81/h5-50H,1-4H3.